The molecule has 0 aliphatic carbocycles. The van der Waals surface area contributed by atoms with Crippen LogP contribution in [0.3, 0.4) is 0 Å². The summed E-state index contributed by atoms with van der Waals surface area (Å²) < 4.78 is 18.0. The fourth-order valence-corrected chi connectivity index (χ4v) is 1.77. The van der Waals surface area contributed by atoms with Crippen LogP contribution in [-0.2, 0) is 4.74 Å². The number of ether oxygens (including phenoxy) is 1. The summed E-state index contributed by atoms with van der Waals surface area (Å²) in [4.78, 5) is 14.3. The van der Waals surface area contributed by atoms with Gasteiger partial charge in [0, 0.05) is 10.9 Å². The van der Waals surface area contributed by atoms with E-state index in [-0.39, 0.29) is 17.2 Å². The fourth-order valence-electron chi connectivity index (χ4n) is 1.77. The van der Waals surface area contributed by atoms with E-state index in [9.17, 15) is 9.18 Å². The molecule has 0 spiro atoms. The van der Waals surface area contributed by atoms with E-state index in [1.807, 2.05) is 0 Å². The molecule has 0 fully saturated rings. The van der Waals surface area contributed by atoms with Crippen molar-refractivity contribution in [1.82, 2.24) is 4.98 Å². The number of aryl methyl sites for hydroxylation is 1. The van der Waals surface area contributed by atoms with Crippen molar-refractivity contribution in [1.29, 1.82) is 0 Å². The van der Waals surface area contributed by atoms with Crippen LogP contribution in [0.4, 0.5) is 10.2 Å². The van der Waals surface area contributed by atoms with Crippen LogP contribution in [0.25, 0.3) is 10.9 Å². The molecule has 0 atom stereocenters. The zero-order chi connectivity index (χ0) is 11.9. The summed E-state index contributed by atoms with van der Waals surface area (Å²) in [5.41, 5.74) is 6.86. The number of halogens is 1. The smallest absolute Gasteiger partial charge is 0.342 e. The highest BCUT2D eigenvalue weighted by Gasteiger charge is 2.20. The first-order chi connectivity index (χ1) is 7.56. The predicted molar refractivity (Wildman–Crippen MR) is 58.7 cm³/mol. The standard InChI is InChI=1S/C11H11FN2O2/c1-5-6(12)3-4-7-8(5)9(10(13)14-7)11(15)16-2/h3-4,14H,13H2,1-2H3. The SMILES string of the molecule is COC(=O)c1c(N)[nH]c2ccc(F)c(C)c12. The number of anilines is 1. The number of methoxy groups -OCH3 is 1. The Morgan fingerprint density at radius 2 is 2.19 bits per heavy atom. The van der Waals surface area contributed by atoms with Gasteiger partial charge in [0.1, 0.15) is 17.2 Å². The Morgan fingerprint density at radius 3 is 2.81 bits per heavy atom. The molecule has 1 aromatic heterocycles. The number of benzene rings is 1. The molecule has 2 rings (SSSR count). The minimum atomic E-state index is -0.572. The fraction of sp³-hybridized carbons (Fsp3) is 0.182. The van der Waals surface area contributed by atoms with Crippen LogP contribution in [0.2, 0.25) is 0 Å². The van der Waals surface area contributed by atoms with E-state index >= 15 is 0 Å². The van der Waals surface area contributed by atoms with E-state index in [1.54, 1.807) is 13.0 Å². The number of carbonyl (C=O) groups excluding carboxylic acids is 1. The van der Waals surface area contributed by atoms with E-state index in [0.717, 1.165) is 0 Å². The average Bonchev–Trinajstić information content (AvgIpc) is 2.60. The number of H-pyrrole nitrogens is 1. The van der Waals surface area contributed by atoms with Crippen LogP contribution in [-0.4, -0.2) is 18.1 Å². The van der Waals surface area contributed by atoms with Crippen molar-refractivity contribution in [3.8, 4) is 0 Å². The number of rotatable bonds is 1. The number of aromatic nitrogens is 1. The van der Waals surface area contributed by atoms with Gasteiger partial charge in [-0.3, -0.25) is 0 Å². The lowest BCUT2D eigenvalue weighted by Crippen LogP contribution is -2.04. The molecule has 84 valence electrons. The molecule has 2 aromatic rings. The number of nitrogens with one attached hydrogen (secondary N) is 1. The molecular formula is C11H11FN2O2. The predicted octanol–water partition coefficient (Wildman–Crippen LogP) is 1.98. The summed E-state index contributed by atoms with van der Waals surface area (Å²) in [6.45, 7) is 1.59. The first kappa shape index (κ1) is 10.5. The number of nitrogens with two attached hydrogens (primary N) is 1. The van der Waals surface area contributed by atoms with Gasteiger partial charge in [0.25, 0.3) is 0 Å². The van der Waals surface area contributed by atoms with Crippen molar-refractivity contribution in [2.45, 2.75) is 6.92 Å². The quantitative estimate of drug-likeness (QED) is 0.725. The van der Waals surface area contributed by atoms with Crippen LogP contribution in [0.15, 0.2) is 12.1 Å². The van der Waals surface area contributed by atoms with Crippen molar-refractivity contribution in [2.75, 3.05) is 12.8 Å². The molecule has 0 aliphatic rings. The second kappa shape index (κ2) is 3.52. The van der Waals surface area contributed by atoms with Gasteiger partial charge in [-0.1, -0.05) is 0 Å². The van der Waals surface area contributed by atoms with Crippen molar-refractivity contribution in [2.24, 2.45) is 0 Å². The van der Waals surface area contributed by atoms with Crippen molar-refractivity contribution in [3.63, 3.8) is 0 Å². The maximum atomic E-state index is 13.4. The lowest BCUT2D eigenvalue weighted by atomic mass is 10.1. The van der Waals surface area contributed by atoms with Gasteiger partial charge in [-0.25, -0.2) is 9.18 Å². The maximum Gasteiger partial charge on any atom is 0.342 e. The Morgan fingerprint density at radius 1 is 1.50 bits per heavy atom. The molecule has 0 unspecified atom stereocenters. The van der Waals surface area contributed by atoms with Gasteiger partial charge in [-0.2, -0.15) is 0 Å². The van der Waals surface area contributed by atoms with Gasteiger partial charge >= 0.3 is 5.97 Å². The molecule has 4 nitrogen and oxygen atoms in total. The summed E-state index contributed by atoms with van der Waals surface area (Å²) in [5, 5.41) is 0.476. The number of aromatic amines is 1. The maximum absolute atomic E-state index is 13.4. The Labute approximate surface area is 91.2 Å². The van der Waals surface area contributed by atoms with E-state index in [2.05, 4.69) is 9.72 Å². The van der Waals surface area contributed by atoms with Gasteiger partial charge in [0.05, 0.1) is 7.11 Å². The number of carbonyl (C=O) groups is 1. The Kier molecular flexibility index (Phi) is 2.30. The van der Waals surface area contributed by atoms with E-state index in [0.29, 0.717) is 16.5 Å². The van der Waals surface area contributed by atoms with Crippen LogP contribution in [0, 0.1) is 12.7 Å². The van der Waals surface area contributed by atoms with E-state index < -0.39 is 5.97 Å². The summed E-state index contributed by atoms with van der Waals surface area (Å²) >= 11 is 0. The highest BCUT2D eigenvalue weighted by molar-refractivity contribution is 6.10. The van der Waals surface area contributed by atoms with Crippen LogP contribution in [0.5, 0.6) is 0 Å². The summed E-state index contributed by atoms with van der Waals surface area (Å²) in [7, 11) is 1.26. The number of esters is 1. The van der Waals surface area contributed by atoms with Crippen LogP contribution >= 0.6 is 0 Å². The monoisotopic (exact) mass is 222 g/mol. The van der Waals surface area contributed by atoms with Gasteiger partial charge in [-0.05, 0) is 24.6 Å². The van der Waals surface area contributed by atoms with Gasteiger partial charge in [-0.15, -0.1) is 0 Å². The minimum Gasteiger partial charge on any atom is -0.465 e. The highest BCUT2D eigenvalue weighted by Crippen LogP contribution is 2.29. The molecule has 0 amide bonds. The molecule has 0 saturated heterocycles. The molecule has 0 bridgehead atoms. The Balaban J connectivity index is 2.86. The third kappa shape index (κ3) is 1.32. The molecule has 16 heavy (non-hydrogen) atoms. The first-order valence-electron chi connectivity index (χ1n) is 4.70. The lowest BCUT2D eigenvalue weighted by molar-refractivity contribution is 0.0604. The van der Waals surface area contributed by atoms with Crippen molar-refractivity contribution < 1.29 is 13.9 Å². The molecule has 1 aromatic carbocycles. The number of hydrogen-bond donors (Lipinski definition) is 2. The normalized spacial score (nSPS) is 10.7. The summed E-state index contributed by atoms with van der Waals surface area (Å²) in [6.07, 6.45) is 0. The Bertz CT molecular complexity index is 575. The third-order valence-electron chi connectivity index (χ3n) is 2.58. The van der Waals surface area contributed by atoms with Crippen LogP contribution < -0.4 is 5.73 Å². The second-order valence-corrected chi connectivity index (χ2v) is 3.50. The van der Waals surface area contributed by atoms with Gasteiger partial charge in [0.15, 0.2) is 0 Å². The molecular weight excluding hydrogens is 211 g/mol. The lowest BCUT2D eigenvalue weighted by Gasteiger charge is -2.02. The first-order valence-corrected chi connectivity index (χ1v) is 4.70. The summed E-state index contributed by atoms with van der Waals surface area (Å²) in [6, 6.07) is 2.87. The van der Waals surface area contributed by atoms with Gasteiger partial charge in [0.2, 0.25) is 0 Å². The van der Waals surface area contributed by atoms with Crippen molar-refractivity contribution >= 4 is 22.7 Å². The number of nitrogen functional groups attached to an aromatic ring is 1. The Hall–Kier alpha value is -2.04. The summed E-state index contributed by atoms with van der Waals surface area (Å²) in [5.74, 6) is -0.760. The minimum absolute atomic E-state index is 0.189. The molecule has 0 aliphatic heterocycles. The second-order valence-electron chi connectivity index (χ2n) is 3.50. The third-order valence-corrected chi connectivity index (χ3v) is 2.58. The van der Waals surface area contributed by atoms with E-state index in [1.165, 1.54) is 13.2 Å². The zero-order valence-electron chi connectivity index (χ0n) is 8.93. The van der Waals surface area contributed by atoms with E-state index in [4.69, 9.17) is 5.73 Å². The molecule has 1 heterocycles. The molecule has 5 heteroatoms. The molecule has 3 N–H and O–H groups in total. The largest absolute Gasteiger partial charge is 0.465 e. The van der Waals surface area contributed by atoms with Crippen molar-refractivity contribution in [3.05, 3.63) is 29.1 Å². The number of hydrogen-bond acceptors (Lipinski definition) is 3. The van der Waals surface area contributed by atoms with Gasteiger partial charge < -0.3 is 15.5 Å². The molecule has 0 radical (unpaired) electrons. The zero-order valence-corrected chi connectivity index (χ0v) is 8.93. The molecule has 0 saturated carbocycles. The topological polar surface area (TPSA) is 68.1 Å². The average molecular weight is 222 g/mol. The van der Waals surface area contributed by atoms with Crippen LogP contribution in [0.1, 0.15) is 15.9 Å². The highest BCUT2D eigenvalue weighted by atomic mass is 19.1. The number of fused-ring (bicyclic) bond motifs is 1.